The van der Waals surface area contributed by atoms with E-state index < -0.39 is 10.0 Å². The molecule has 0 aromatic heterocycles. The van der Waals surface area contributed by atoms with E-state index in [1.54, 1.807) is 12.1 Å². The van der Waals surface area contributed by atoms with E-state index in [9.17, 15) is 18.0 Å². The molecule has 2 aromatic carbocycles. The van der Waals surface area contributed by atoms with Crippen molar-refractivity contribution in [2.45, 2.75) is 37.6 Å². The molecule has 0 bridgehead atoms. The number of aryl methyl sites for hydroxylation is 2. The highest BCUT2D eigenvalue weighted by Crippen LogP contribution is 2.34. The summed E-state index contributed by atoms with van der Waals surface area (Å²) in [6, 6.07) is 12.4. The predicted molar refractivity (Wildman–Crippen MR) is 117 cm³/mol. The summed E-state index contributed by atoms with van der Waals surface area (Å²) in [4.78, 5) is 26.7. The van der Waals surface area contributed by atoms with E-state index in [1.807, 2.05) is 4.90 Å². The molecule has 2 saturated heterocycles. The van der Waals surface area contributed by atoms with E-state index in [0.717, 1.165) is 18.4 Å². The maximum absolute atomic E-state index is 13.2. The first-order valence-electron chi connectivity index (χ1n) is 10.5. The monoisotopic (exact) mass is 441 g/mol. The van der Waals surface area contributed by atoms with Crippen molar-refractivity contribution in [2.24, 2.45) is 0 Å². The lowest BCUT2D eigenvalue weighted by Gasteiger charge is -2.27. The predicted octanol–water partition coefficient (Wildman–Crippen LogP) is 2.40. The van der Waals surface area contributed by atoms with Crippen molar-refractivity contribution in [3.63, 3.8) is 0 Å². The quantitative estimate of drug-likeness (QED) is 0.789. The van der Waals surface area contributed by atoms with Gasteiger partial charge in [0.2, 0.25) is 15.9 Å². The number of hydrogen-bond acceptors (Lipinski definition) is 4. The van der Waals surface area contributed by atoms with E-state index >= 15 is 0 Å². The molecule has 8 heteroatoms. The van der Waals surface area contributed by atoms with Gasteiger partial charge in [-0.25, -0.2) is 8.42 Å². The molecule has 2 amide bonds. The molecule has 7 nitrogen and oxygen atoms in total. The Kier molecular flexibility index (Phi) is 5.85. The van der Waals surface area contributed by atoms with Crippen LogP contribution in [-0.2, 0) is 14.8 Å². The second kappa shape index (κ2) is 8.43. The van der Waals surface area contributed by atoms with E-state index in [4.69, 9.17) is 0 Å². The third-order valence-electron chi connectivity index (χ3n) is 6.17. The van der Waals surface area contributed by atoms with Gasteiger partial charge in [0.15, 0.2) is 0 Å². The van der Waals surface area contributed by atoms with E-state index in [-0.39, 0.29) is 35.8 Å². The number of amides is 2. The molecule has 0 radical (unpaired) electrons. The molecule has 0 aliphatic carbocycles. The smallest absolute Gasteiger partial charge is 0.254 e. The number of nitrogens with one attached hydrogen (secondary N) is 1. The van der Waals surface area contributed by atoms with Gasteiger partial charge in [0.05, 0.1) is 17.5 Å². The summed E-state index contributed by atoms with van der Waals surface area (Å²) in [7, 11) is -3.77. The Morgan fingerprint density at radius 3 is 2.45 bits per heavy atom. The normalized spacial score (nSPS) is 20.0. The lowest BCUT2D eigenvalue weighted by Crippen LogP contribution is -2.49. The maximum atomic E-state index is 13.2. The highest BCUT2D eigenvalue weighted by atomic mass is 32.2. The number of likely N-dealkylation sites (tertiary alicyclic amines) is 1. The second-order valence-electron chi connectivity index (χ2n) is 8.21. The first-order valence-corrected chi connectivity index (χ1v) is 12.0. The fraction of sp³-hybridized carbons (Fsp3) is 0.391. The molecule has 0 saturated carbocycles. The zero-order valence-electron chi connectivity index (χ0n) is 17.8. The molecule has 1 atom stereocenters. The Morgan fingerprint density at radius 2 is 1.77 bits per heavy atom. The number of hydrogen-bond donors (Lipinski definition) is 1. The Hall–Kier alpha value is -2.71. The molecule has 164 valence electrons. The Morgan fingerprint density at radius 1 is 1.03 bits per heavy atom. The number of piperazine rings is 1. The fourth-order valence-corrected chi connectivity index (χ4v) is 5.63. The minimum absolute atomic E-state index is 0.0297. The highest BCUT2D eigenvalue weighted by Gasteiger charge is 2.32. The fourth-order valence-electron chi connectivity index (χ4n) is 4.23. The number of carbonyl (C=O) groups excluding carboxylic acids is 2. The van der Waals surface area contributed by atoms with E-state index in [2.05, 4.69) is 37.4 Å². The summed E-state index contributed by atoms with van der Waals surface area (Å²) in [5.41, 5.74) is 4.03. The van der Waals surface area contributed by atoms with Crippen molar-refractivity contribution >= 4 is 21.8 Å². The topological polar surface area (TPSA) is 86.8 Å². The summed E-state index contributed by atoms with van der Waals surface area (Å²) < 4.78 is 26.8. The largest absolute Gasteiger partial charge is 0.354 e. The van der Waals surface area contributed by atoms with Gasteiger partial charge in [0.25, 0.3) is 5.91 Å². The number of rotatable bonds is 4. The van der Waals surface area contributed by atoms with Crippen molar-refractivity contribution in [1.29, 1.82) is 0 Å². The Bertz CT molecular complexity index is 1110. The van der Waals surface area contributed by atoms with Crippen LogP contribution in [0.5, 0.6) is 0 Å². The van der Waals surface area contributed by atoms with Gasteiger partial charge in [-0.3, -0.25) is 9.59 Å². The summed E-state index contributed by atoms with van der Waals surface area (Å²) >= 11 is 0. The average Bonchev–Trinajstić information content (AvgIpc) is 3.25. The van der Waals surface area contributed by atoms with E-state index in [0.29, 0.717) is 18.7 Å². The average molecular weight is 442 g/mol. The van der Waals surface area contributed by atoms with Crippen LogP contribution in [0.4, 0.5) is 0 Å². The maximum Gasteiger partial charge on any atom is 0.254 e. The minimum Gasteiger partial charge on any atom is -0.354 e. The highest BCUT2D eigenvalue weighted by molar-refractivity contribution is 7.89. The van der Waals surface area contributed by atoms with Gasteiger partial charge in [-0.15, -0.1) is 0 Å². The molecule has 1 N–H and O–H groups in total. The molecule has 2 aliphatic heterocycles. The van der Waals surface area contributed by atoms with Crippen LogP contribution in [0.2, 0.25) is 0 Å². The summed E-state index contributed by atoms with van der Waals surface area (Å²) in [5.74, 6) is -0.407. The van der Waals surface area contributed by atoms with Crippen LogP contribution in [0.15, 0.2) is 47.4 Å². The molecule has 2 fully saturated rings. The molecule has 4 rings (SSSR count). The SMILES string of the molecule is Cc1ccc(C2CCCN2C(=O)c2ccc(S(=O)(=O)N3CCNC(=O)C3)cc2)cc1C. The van der Waals surface area contributed by atoms with Crippen molar-refractivity contribution in [2.75, 3.05) is 26.2 Å². The van der Waals surface area contributed by atoms with Crippen LogP contribution in [0.3, 0.4) is 0 Å². The minimum atomic E-state index is -3.77. The van der Waals surface area contributed by atoms with Gasteiger partial charge in [-0.05, 0) is 67.6 Å². The third kappa shape index (κ3) is 4.22. The zero-order chi connectivity index (χ0) is 22.2. The number of benzene rings is 2. The Labute approximate surface area is 183 Å². The van der Waals surface area contributed by atoms with Crippen molar-refractivity contribution in [3.8, 4) is 0 Å². The van der Waals surface area contributed by atoms with Gasteiger partial charge in [-0.2, -0.15) is 4.31 Å². The van der Waals surface area contributed by atoms with E-state index in [1.165, 1.54) is 27.6 Å². The molecular formula is C23H27N3O4S. The first-order chi connectivity index (χ1) is 14.8. The second-order valence-corrected chi connectivity index (χ2v) is 10.2. The molecular weight excluding hydrogens is 414 g/mol. The summed E-state index contributed by atoms with van der Waals surface area (Å²) in [6.07, 6.45) is 1.85. The van der Waals surface area contributed by atoms with Crippen LogP contribution in [0.25, 0.3) is 0 Å². The van der Waals surface area contributed by atoms with Gasteiger partial charge < -0.3 is 10.2 Å². The first kappa shape index (κ1) is 21.5. The van der Waals surface area contributed by atoms with Crippen LogP contribution in [-0.4, -0.2) is 55.6 Å². The van der Waals surface area contributed by atoms with Gasteiger partial charge in [-0.1, -0.05) is 18.2 Å². The Balaban J connectivity index is 1.54. The van der Waals surface area contributed by atoms with Crippen LogP contribution < -0.4 is 5.32 Å². The zero-order valence-corrected chi connectivity index (χ0v) is 18.6. The van der Waals surface area contributed by atoms with Gasteiger partial charge >= 0.3 is 0 Å². The number of sulfonamides is 1. The number of carbonyl (C=O) groups is 2. The molecule has 2 aromatic rings. The molecule has 1 unspecified atom stereocenters. The van der Waals surface area contributed by atoms with Gasteiger partial charge in [0.1, 0.15) is 0 Å². The van der Waals surface area contributed by atoms with Crippen molar-refractivity contribution in [1.82, 2.24) is 14.5 Å². The molecule has 2 heterocycles. The standard InChI is InChI=1S/C23H27N3O4S/c1-16-5-6-19(14-17(16)2)21-4-3-12-26(21)23(28)18-7-9-20(10-8-18)31(29,30)25-13-11-24-22(27)15-25/h5-10,14,21H,3-4,11-13,15H2,1-2H3,(H,24,27). The number of nitrogens with zero attached hydrogens (tertiary/aromatic N) is 2. The lowest BCUT2D eigenvalue weighted by molar-refractivity contribution is -0.122. The van der Waals surface area contributed by atoms with Crippen molar-refractivity contribution in [3.05, 3.63) is 64.7 Å². The molecule has 0 spiro atoms. The van der Waals surface area contributed by atoms with Crippen LogP contribution in [0.1, 0.15) is 45.9 Å². The summed E-state index contributed by atoms with van der Waals surface area (Å²) in [6.45, 7) is 5.17. The van der Waals surface area contributed by atoms with Gasteiger partial charge in [0, 0.05) is 25.2 Å². The van der Waals surface area contributed by atoms with Crippen molar-refractivity contribution < 1.29 is 18.0 Å². The van der Waals surface area contributed by atoms with Crippen LogP contribution >= 0.6 is 0 Å². The van der Waals surface area contributed by atoms with Crippen LogP contribution in [0, 0.1) is 13.8 Å². The lowest BCUT2D eigenvalue weighted by atomic mass is 9.99. The molecule has 31 heavy (non-hydrogen) atoms. The summed E-state index contributed by atoms with van der Waals surface area (Å²) in [5, 5.41) is 2.62. The molecule has 2 aliphatic rings. The third-order valence-corrected chi connectivity index (χ3v) is 8.03.